The van der Waals surface area contributed by atoms with Gasteiger partial charge in [0.25, 0.3) is 0 Å². The fourth-order valence-electron chi connectivity index (χ4n) is 1.06. The number of oxazole rings is 1. The second kappa shape index (κ2) is 3.49. The van der Waals surface area contributed by atoms with Gasteiger partial charge in [-0.25, -0.2) is 4.98 Å². The van der Waals surface area contributed by atoms with Crippen molar-refractivity contribution in [3.8, 4) is 0 Å². The van der Waals surface area contributed by atoms with Gasteiger partial charge >= 0.3 is 0 Å². The number of anilines is 1. The van der Waals surface area contributed by atoms with Crippen molar-refractivity contribution in [3.05, 3.63) is 24.2 Å². The molecule has 0 aliphatic heterocycles. The summed E-state index contributed by atoms with van der Waals surface area (Å²) in [4.78, 5) is 3.98. The first-order chi connectivity index (χ1) is 6.77. The molecule has 0 aliphatic rings. The smallest absolute Gasteiger partial charge is 0.224 e. The molecule has 0 fully saturated rings. The molecule has 2 aromatic rings. The van der Waals surface area contributed by atoms with Gasteiger partial charge in [-0.3, -0.25) is 0 Å². The molecule has 0 atom stereocenters. The van der Waals surface area contributed by atoms with Crippen molar-refractivity contribution in [3.63, 3.8) is 0 Å². The van der Waals surface area contributed by atoms with Gasteiger partial charge < -0.3 is 14.3 Å². The van der Waals surface area contributed by atoms with Crippen molar-refractivity contribution < 1.29 is 4.42 Å². The first-order valence-corrected chi connectivity index (χ1v) is 4.24. The molecular weight excluding hydrogens is 182 g/mol. The summed E-state index contributed by atoms with van der Waals surface area (Å²) < 4.78 is 6.72. The molecule has 0 bridgehead atoms. The monoisotopic (exact) mass is 193 g/mol. The van der Waals surface area contributed by atoms with E-state index in [1.54, 1.807) is 6.26 Å². The lowest BCUT2D eigenvalue weighted by molar-refractivity contribution is 0.556. The SMILES string of the molecule is Cc1nnc(NCc2cocn2)n1C. The van der Waals surface area contributed by atoms with Crippen LogP contribution in [0, 0.1) is 6.92 Å². The average Bonchev–Trinajstić information content (AvgIpc) is 2.77. The maximum atomic E-state index is 4.84. The number of aromatic nitrogens is 4. The number of hydrogen-bond acceptors (Lipinski definition) is 5. The Morgan fingerprint density at radius 1 is 1.50 bits per heavy atom. The zero-order valence-electron chi connectivity index (χ0n) is 8.06. The predicted octanol–water partition coefficient (Wildman–Crippen LogP) is 0.724. The number of rotatable bonds is 3. The Morgan fingerprint density at radius 3 is 2.93 bits per heavy atom. The first-order valence-electron chi connectivity index (χ1n) is 4.24. The van der Waals surface area contributed by atoms with E-state index in [9.17, 15) is 0 Å². The lowest BCUT2D eigenvalue weighted by Gasteiger charge is -2.02. The number of hydrogen-bond donors (Lipinski definition) is 1. The van der Waals surface area contributed by atoms with Crippen LogP contribution in [0.25, 0.3) is 0 Å². The highest BCUT2D eigenvalue weighted by atomic mass is 16.3. The molecule has 0 amide bonds. The second-order valence-corrected chi connectivity index (χ2v) is 2.96. The molecule has 6 nitrogen and oxygen atoms in total. The van der Waals surface area contributed by atoms with Crippen LogP contribution in [0.5, 0.6) is 0 Å². The van der Waals surface area contributed by atoms with Crippen LogP contribution in [-0.2, 0) is 13.6 Å². The van der Waals surface area contributed by atoms with E-state index in [1.165, 1.54) is 6.39 Å². The minimum absolute atomic E-state index is 0.586. The average molecular weight is 193 g/mol. The summed E-state index contributed by atoms with van der Waals surface area (Å²) in [6, 6.07) is 0. The summed E-state index contributed by atoms with van der Waals surface area (Å²) in [6.07, 6.45) is 3.00. The van der Waals surface area contributed by atoms with E-state index in [-0.39, 0.29) is 0 Å². The summed E-state index contributed by atoms with van der Waals surface area (Å²) in [6.45, 7) is 2.48. The van der Waals surface area contributed by atoms with Crippen molar-refractivity contribution in [1.29, 1.82) is 0 Å². The number of aryl methyl sites for hydroxylation is 1. The summed E-state index contributed by atoms with van der Waals surface area (Å²) in [7, 11) is 1.90. The molecule has 6 heteroatoms. The van der Waals surface area contributed by atoms with Gasteiger partial charge in [-0.2, -0.15) is 0 Å². The molecule has 0 unspecified atom stereocenters. The van der Waals surface area contributed by atoms with Gasteiger partial charge in [-0.05, 0) is 6.92 Å². The molecule has 1 N–H and O–H groups in total. The fraction of sp³-hybridized carbons (Fsp3) is 0.375. The van der Waals surface area contributed by atoms with Gasteiger partial charge in [-0.1, -0.05) is 0 Å². The molecule has 2 rings (SSSR count). The van der Waals surface area contributed by atoms with Crippen LogP contribution in [0.1, 0.15) is 11.5 Å². The Kier molecular flexibility index (Phi) is 2.18. The van der Waals surface area contributed by atoms with Crippen molar-refractivity contribution in [2.45, 2.75) is 13.5 Å². The van der Waals surface area contributed by atoms with Gasteiger partial charge in [0.1, 0.15) is 12.1 Å². The molecule has 74 valence electrons. The Morgan fingerprint density at radius 2 is 2.36 bits per heavy atom. The summed E-state index contributed by atoms with van der Waals surface area (Å²) >= 11 is 0. The maximum Gasteiger partial charge on any atom is 0.224 e. The van der Waals surface area contributed by atoms with Crippen LogP contribution in [0.3, 0.4) is 0 Å². The van der Waals surface area contributed by atoms with Crippen molar-refractivity contribution >= 4 is 5.95 Å². The van der Waals surface area contributed by atoms with Gasteiger partial charge in [-0.15, -0.1) is 10.2 Å². The molecule has 0 spiro atoms. The molecule has 2 heterocycles. The van der Waals surface area contributed by atoms with Crippen LogP contribution < -0.4 is 5.32 Å². The molecule has 0 saturated carbocycles. The molecule has 0 aromatic carbocycles. The van der Waals surface area contributed by atoms with Crippen LogP contribution in [0.15, 0.2) is 17.1 Å². The van der Waals surface area contributed by atoms with Crippen LogP contribution >= 0.6 is 0 Å². The topological polar surface area (TPSA) is 68.8 Å². The quantitative estimate of drug-likeness (QED) is 0.778. The highest BCUT2D eigenvalue weighted by molar-refractivity contribution is 5.25. The van der Waals surface area contributed by atoms with E-state index in [2.05, 4.69) is 20.5 Å². The van der Waals surface area contributed by atoms with E-state index >= 15 is 0 Å². The van der Waals surface area contributed by atoms with Gasteiger partial charge in [0.15, 0.2) is 6.39 Å². The number of nitrogens with zero attached hydrogens (tertiary/aromatic N) is 4. The Labute approximate surface area is 81.0 Å². The Hall–Kier alpha value is -1.85. The van der Waals surface area contributed by atoms with E-state index in [1.807, 2.05) is 18.5 Å². The van der Waals surface area contributed by atoms with Crippen LogP contribution in [-0.4, -0.2) is 19.7 Å². The highest BCUT2D eigenvalue weighted by Gasteiger charge is 2.04. The Balaban J connectivity index is 2.02. The van der Waals surface area contributed by atoms with E-state index in [0.717, 1.165) is 17.5 Å². The molecule has 0 saturated heterocycles. The third kappa shape index (κ3) is 1.59. The van der Waals surface area contributed by atoms with Gasteiger partial charge in [0, 0.05) is 7.05 Å². The van der Waals surface area contributed by atoms with E-state index < -0.39 is 0 Å². The van der Waals surface area contributed by atoms with Gasteiger partial charge in [0.05, 0.1) is 12.2 Å². The lowest BCUT2D eigenvalue weighted by atomic mass is 10.5. The molecule has 0 radical (unpaired) electrons. The Bertz CT molecular complexity index is 405. The summed E-state index contributed by atoms with van der Waals surface area (Å²) in [5.41, 5.74) is 0.839. The van der Waals surface area contributed by atoms with Crippen molar-refractivity contribution in [1.82, 2.24) is 19.7 Å². The standard InChI is InChI=1S/C8H11N5O/c1-6-11-12-8(13(6)2)9-3-7-4-14-5-10-7/h4-5H,3H2,1-2H3,(H,9,12). The minimum atomic E-state index is 0.586. The summed E-state index contributed by atoms with van der Waals surface area (Å²) in [5, 5.41) is 11.0. The summed E-state index contributed by atoms with van der Waals surface area (Å²) in [5.74, 6) is 1.60. The molecule has 0 aliphatic carbocycles. The molecule has 2 aromatic heterocycles. The van der Waals surface area contributed by atoms with E-state index in [4.69, 9.17) is 4.42 Å². The van der Waals surface area contributed by atoms with Crippen molar-refractivity contribution in [2.75, 3.05) is 5.32 Å². The first kappa shape index (κ1) is 8.74. The number of nitrogens with one attached hydrogen (secondary N) is 1. The van der Waals surface area contributed by atoms with E-state index in [0.29, 0.717) is 6.54 Å². The highest BCUT2D eigenvalue weighted by Crippen LogP contribution is 2.05. The lowest BCUT2D eigenvalue weighted by Crippen LogP contribution is -2.05. The maximum absolute atomic E-state index is 4.84. The second-order valence-electron chi connectivity index (χ2n) is 2.96. The third-order valence-electron chi connectivity index (χ3n) is 2.00. The largest absolute Gasteiger partial charge is 0.451 e. The zero-order chi connectivity index (χ0) is 9.97. The fourth-order valence-corrected chi connectivity index (χ4v) is 1.06. The predicted molar refractivity (Wildman–Crippen MR) is 49.6 cm³/mol. The molecular formula is C8H11N5O. The zero-order valence-corrected chi connectivity index (χ0v) is 8.06. The van der Waals surface area contributed by atoms with Gasteiger partial charge in [0.2, 0.25) is 5.95 Å². The van der Waals surface area contributed by atoms with Crippen molar-refractivity contribution in [2.24, 2.45) is 7.05 Å². The normalized spacial score (nSPS) is 10.4. The minimum Gasteiger partial charge on any atom is -0.451 e. The molecule has 14 heavy (non-hydrogen) atoms. The van der Waals surface area contributed by atoms with Crippen LogP contribution in [0.2, 0.25) is 0 Å². The third-order valence-corrected chi connectivity index (χ3v) is 2.00. The van der Waals surface area contributed by atoms with Crippen LogP contribution in [0.4, 0.5) is 5.95 Å².